The number of H-pyrrole nitrogens is 1. The number of aromatic amines is 1. The van der Waals surface area contributed by atoms with Gasteiger partial charge in [-0.05, 0) is 43.2 Å². The topological polar surface area (TPSA) is 61.9 Å². The largest absolute Gasteiger partial charge is 0.416 e. The number of rotatable bonds is 3. The highest BCUT2D eigenvalue weighted by Crippen LogP contribution is 2.33. The molecule has 150 valence electrons. The third-order valence-electron chi connectivity index (χ3n) is 5.11. The van der Waals surface area contributed by atoms with E-state index in [0.717, 1.165) is 30.7 Å². The van der Waals surface area contributed by atoms with Gasteiger partial charge in [0.1, 0.15) is 5.69 Å². The quantitative estimate of drug-likeness (QED) is 0.704. The molecule has 0 unspecified atom stereocenters. The lowest BCUT2D eigenvalue weighted by Gasteiger charge is -2.32. The Morgan fingerprint density at radius 1 is 1.14 bits per heavy atom. The minimum absolute atomic E-state index is 0.0290. The van der Waals surface area contributed by atoms with Crippen molar-refractivity contribution in [2.75, 3.05) is 13.1 Å². The maximum Gasteiger partial charge on any atom is 0.416 e. The molecule has 5 nitrogen and oxygen atoms in total. The monoisotopic (exact) mass is 400 g/mol. The summed E-state index contributed by atoms with van der Waals surface area (Å²) in [6, 6.07) is 12.2. The molecule has 0 saturated carbocycles. The summed E-state index contributed by atoms with van der Waals surface area (Å²) in [5, 5.41) is 6.51. The molecule has 0 aliphatic carbocycles. The molecule has 29 heavy (non-hydrogen) atoms. The van der Waals surface area contributed by atoms with Crippen LogP contribution in [0.5, 0.6) is 0 Å². The van der Waals surface area contributed by atoms with Crippen molar-refractivity contribution in [2.24, 2.45) is 0 Å². The fourth-order valence-corrected chi connectivity index (χ4v) is 3.64. The van der Waals surface area contributed by atoms with E-state index in [1.807, 2.05) is 6.07 Å². The zero-order valence-corrected chi connectivity index (χ0v) is 15.5. The summed E-state index contributed by atoms with van der Waals surface area (Å²) in [6.07, 6.45) is -1.16. The van der Waals surface area contributed by atoms with Gasteiger partial charge >= 0.3 is 6.18 Å². The molecule has 4 rings (SSSR count). The van der Waals surface area contributed by atoms with Crippen LogP contribution in [0.2, 0.25) is 0 Å². The molecule has 3 aromatic rings. The Labute approximate surface area is 165 Å². The first kappa shape index (κ1) is 19.2. The Kier molecular flexibility index (Phi) is 5.08. The van der Waals surface area contributed by atoms with Crippen molar-refractivity contribution < 1.29 is 18.0 Å². The van der Waals surface area contributed by atoms with Crippen LogP contribution in [0.3, 0.4) is 0 Å². The van der Waals surface area contributed by atoms with Gasteiger partial charge in [0.2, 0.25) is 0 Å². The molecular weight excluding hydrogens is 381 g/mol. The average Bonchev–Trinajstić information content (AvgIpc) is 3.28. The number of carbonyl (C=O) groups is 1. The number of hydrogen-bond acceptors (Lipinski definition) is 3. The zero-order valence-electron chi connectivity index (χ0n) is 15.5. The molecule has 1 aliphatic rings. The number of benzene rings is 1. The molecule has 0 radical (unpaired) electrons. The maximum atomic E-state index is 13.0. The predicted octanol–water partition coefficient (Wildman–Crippen LogP) is 4.51. The van der Waals surface area contributed by atoms with Crippen molar-refractivity contribution >= 4 is 5.91 Å². The van der Waals surface area contributed by atoms with Crippen LogP contribution < -0.4 is 0 Å². The van der Waals surface area contributed by atoms with Gasteiger partial charge in [-0.25, -0.2) is 0 Å². The smallest absolute Gasteiger partial charge is 0.337 e. The van der Waals surface area contributed by atoms with Crippen LogP contribution in [0.1, 0.15) is 40.5 Å². The second-order valence-corrected chi connectivity index (χ2v) is 7.09. The van der Waals surface area contributed by atoms with Crippen LogP contribution in [-0.4, -0.2) is 39.1 Å². The molecule has 1 aromatic carbocycles. The number of carbonyl (C=O) groups excluding carboxylic acids is 1. The number of nitrogens with one attached hydrogen (secondary N) is 1. The van der Waals surface area contributed by atoms with Crippen LogP contribution in [0.4, 0.5) is 13.2 Å². The maximum absolute atomic E-state index is 13.0. The number of halogens is 3. The number of pyridine rings is 1. The Balaban J connectivity index is 1.56. The minimum atomic E-state index is -4.40. The second kappa shape index (κ2) is 7.69. The van der Waals surface area contributed by atoms with Crippen LogP contribution in [0.15, 0.2) is 54.7 Å². The number of nitrogens with zero attached hydrogens (tertiary/aromatic N) is 3. The number of aromatic nitrogens is 3. The average molecular weight is 400 g/mol. The number of alkyl halides is 3. The Bertz CT molecular complexity index is 1000. The SMILES string of the molecule is O=C(c1ccn[nH]1)N1CCC[C@H](c2cccc(-c3cccc(C(F)(F)F)c3)n2)C1. The summed E-state index contributed by atoms with van der Waals surface area (Å²) in [7, 11) is 0. The molecule has 1 amide bonds. The van der Waals surface area contributed by atoms with Crippen molar-refractivity contribution in [1.29, 1.82) is 0 Å². The first-order chi connectivity index (χ1) is 13.9. The highest BCUT2D eigenvalue weighted by Gasteiger charge is 2.31. The van der Waals surface area contributed by atoms with Crippen LogP contribution >= 0.6 is 0 Å². The molecule has 1 fully saturated rings. The molecule has 1 N–H and O–H groups in total. The Morgan fingerprint density at radius 3 is 2.72 bits per heavy atom. The van der Waals surface area contributed by atoms with Crippen molar-refractivity contribution in [1.82, 2.24) is 20.1 Å². The van der Waals surface area contributed by atoms with E-state index in [-0.39, 0.29) is 11.8 Å². The van der Waals surface area contributed by atoms with Gasteiger partial charge in [-0.3, -0.25) is 14.9 Å². The molecule has 1 saturated heterocycles. The predicted molar refractivity (Wildman–Crippen MR) is 101 cm³/mol. The second-order valence-electron chi connectivity index (χ2n) is 7.09. The van der Waals surface area contributed by atoms with E-state index >= 15 is 0 Å². The highest BCUT2D eigenvalue weighted by molar-refractivity contribution is 5.92. The standard InChI is InChI=1S/C21H19F3N4O/c22-21(23,24)16-6-1-4-14(12-16)17-7-2-8-18(26-17)15-5-3-11-28(13-15)20(29)19-9-10-25-27-19/h1-2,4,6-10,12,15H,3,5,11,13H2,(H,25,27)/t15-/m0/s1. The first-order valence-corrected chi connectivity index (χ1v) is 9.35. The fraction of sp³-hybridized carbons (Fsp3) is 0.286. The van der Waals surface area contributed by atoms with Crippen LogP contribution in [-0.2, 0) is 6.18 Å². The molecular formula is C21H19F3N4O. The number of piperidine rings is 1. The molecule has 0 bridgehead atoms. The molecule has 1 atom stereocenters. The van der Waals surface area contributed by atoms with Crippen LogP contribution in [0, 0.1) is 0 Å². The van der Waals surface area contributed by atoms with E-state index in [2.05, 4.69) is 15.2 Å². The zero-order chi connectivity index (χ0) is 20.4. The summed E-state index contributed by atoms with van der Waals surface area (Å²) in [5.41, 5.74) is 1.43. The van der Waals surface area contributed by atoms with Gasteiger partial charge in [-0.2, -0.15) is 18.3 Å². The van der Waals surface area contributed by atoms with Crippen molar-refractivity contribution in [2.45, 2.75) is 24.9 Å². The Morgan fingerprint density at radius 2 is 1.97 bits per heavy atom. The van der Waals surface area contributed by atoms with Crippen molar-refractivity contribution in [3.05, 3.63) is 71.7 Å². The van der Waals surface area contributed by atoms with Gasteiger partial charge in [-0.1, -0.05) is 18.2 Å². The van der Waals surface area contributed by atoms with E-state index in [9.17, 15) is 18.0 Å². The van der Waals surface area contributed by atoms with E-state index < -0.39 is 11.7 Å². The summed E-state index contributed by atoms with van der Waals surface area (Å²) in [4.78, 5) is 19.0. The number of hydrogen-bond donors (Lipinski definition) is 1. The van der Waals surface area contributed by atoms with Gasteiger partial charge in [0, 0.05) is 36.5 Å². The van der Waals surface area contributed by atoms with E-state index in [4.69, 9.17) is 0 Å². The number of likely N-dealkylation sites (tertiary alicyclic amines) is 1. The third kappa shape index (κ3) is 4.16. The molecule has 8 heteroatoms. The minimum Gasteiger partial charge on any atom is -0.337 e. The molecule has 0 spiro atoms. The fourth-order valence-electron chi connectivity index (χ4n) is 3.64. The normalized spacial score (nSPS) is 17.3. The van der Waals surface area contributed by atoms with Gasteiger partial charge in [0.25, 0.3) is 5.91 Å². The first-order valence-electron chi connectivity index (χ1n) is 9.35. The summed E-state index contributed by atoms with van der Waals surface area (Å²) in [5.74, 6) is -0.0809. The van der Waals surface area contributed by atoms with E-state index in [1.54, 1.807) is 29.2 Å². The molecule has 2 aromatic heterocycles. The molecule has 3 heterocycles. The summed E-state index contributed by atoms with van der Waals surface area (Å²) >= 11 is 0. The lowest BCUT2D eigenvalue weighted by atomic mass is 9.93. The highest BCUT2D eigenvalue weighted by atomic mass is 19.4. The van der Waals surface area contributed by atoms with Gasteiger partial charge in [-0.15, -0.1) is 0 Å². The van der Waals surface area contributed by atoms with Gasteiger partial charge in [0.15, 0.2) is 0 Å². The Hall–Kier alpha value is -3.16. The van der Waals surface area contributed by atoms with E-state index in [0.29, 0.717) is 30.0 Å². The summed E-state index contributed by atoms with van der Waals surface area (Å²) in [6.45, 7) is 1.17. The van der Waals surface area contributed by atoms with Crippen molar-refractivity contribution in [3.63, 3.8) is 0 Å². The van der Waals surface area contributed by atoms with Gasteiger partial charge in [0.05, 0.1) is 11.3 Å². The lowest BCUT2D eigenvalue weighted by molar-refractivity contribution is -0.137. The summed E-state index contributed by atoms with van der Waals surface area (Å²) < 4.78 is 39.1. The lowest BCUT2D eigenvalue weighted by Crippen LogP contribution is -2.39. The third-order valence-corrected chi connectivity index (χ3v) is 5.11. The van der Waals surface area contributed by atoms with E-state index in [1.165, 1.54) is 12.3 Å². The van der Waals surface area contributed by atoms with Crippen LogP contribution in [0.25, 0.3) is 11.3 Å². The van der Waals surface area contributed by atoms with Crippen molar-refractivity contribution in [3.8, 4) is 11.3 Å². The van der Waals surface area contributed by atoms with Gasteiger partial charge < -0.3 is 4.90 Å². The number of amides is 1. The molecule has 1 aliphatic heterocycles.